The van der Waals surface area contributed by atoms with Crippen LogP contribution in [-0.4, -0.2) is 67.3 Å². The van der Waals surface area contributed by atoms with Crippen molar-refractivity contribution in [2.75, 3.05) is 6.54 Å². The Morgan fingerprint density at radius 3 is 2.85 bits per heavy atom. The van der Waals surface area contributed by atoms with Crippen molar-refractivity contribution in [1.29, 1.82) is 0 Å². The maximum absolute atomic E-state index is 12.6. The molecule has 2 aromatic heterocycles. The summed E-state index contributed by atoms with van der Waals surface area (Å²) in [6, 6.07) is 0. The van der Waals surface area contributed by atoms with Crippen molar-refractivity contribution in [3.8, 4) is 0 Å². The van der Waals surface area contributed by atoms with Crippen molar-refractivity contribution in [3.05, 3.63) is 17.8 Å². The summed E-state index contributed by atoms with van der Waals surface area (Å²) >= 11 is 6.07. The number of amides is 1. The number of imidazole rings is 1. The van der Waals surface area contributed by atoms with E-state index in [0.717, 1.165) is 0 Å². The summed E-state index contributed by atoms with van der Waals surface area (Å²) in [7, 11) is 0. The molecule has 146 valence electrons. The molecular formula is C16H20ClN5O5. The Kier molecular flexibility index (Phi) is 4.55. The van der Waals surface area contributed by atoms with Gasteiger partial charge < -0.3 is 24.6 Å². The molecule has 2 N–H and O–H groups in total. The summed E-state index contributed by atoms with van der Waals surface area (Å²) in [5, 5.41) is 12.3. The molecule has 2 aliphatic heterocycles. The summed E-state index contributed by atoms with van der Waals surface area (Å²) < 4.78 is 19.6. The Morgan fingerprint density at radius 2 is 2.11 bits per heavy atom. The highest BCUT2D eigenvalue weighted by Crippen LogP contribution is 2.43. The summed E-state index contributed by atoms with van der Waals surface area (Å²) in [6.45, 7) is 5.25. The maximum atomic E-state index is 12.6. The van der Waals surface area contributed by atoms with E-state index < -0.39 is 36.4 Å². The van der Waals surface area contributed by atoms with E-state index in [9.17, 15) is 9.90 Å². The molecule has 0 bridgehead atoms. The van der Waals surface area contributed by atoms with Crippen molar-refractivity contribution >= 4 is 28.7 Å². The van der Waals surface area contributed by atoms with E-state index in [2.05, 4.69) is 20.3 Å². The van der Waals surface area contributed by atoms with Crippen LogP contribution in [0.25, 0.3) is 11.2 Å². The second-order valence-electron chi connectivity index (χ2n) is 7.09. The number of ether oxygens (including phenoxy) is 3. The van der Waals surface area contributed by atoms with Gasteiger partial charge in [0.05, 0.1) is 12.4 Å². The van der Waals surface area contributed by atoms with Crippen LogP contribution in [0.3, 0.4) is 0 Å². The number of nitrogens with zero attached hydrogens (tertiary/aromatic N) is 4. The molecule has 0 spiro atoms. The second-order valence-corrected chi connectivity index (χ2v) is 7.45. The zero-order chi connectivity index (χ0) is 19.3. The summed E-state index contributed by atoms with van der Waals surface area (Å²) in [6.07, 6.45) is -0.571. The third-order valence-corrected chi connectivity index (χ3v) is 4.72. The lowest BCUT2D eigenvalue weighted by molar-refractivity contribution is -0.197. The standard InChI is InChI=1S/C16H20ClN5O5/c1-7(23)4-18-14(24)10-9-11(27-16(2,3)26-9)15(25-10)22-6-21-8-12(17)19-5-20-13(8)22/h5-7,9-11,15,23H,4H2,1-3H3,(H,18,24)/t7?,9-,10-,11+,15+/m0/s1. The van der Waals surface area contributed by atoms with Gasteiger partial charge in [0.2, 0.25) is 0 Å². The van der Waals surface area contributed by atoms with Gasteiger partial charge in [-0.2, -0.15) is 0 Å². The number of halogens is 1. The highest BCUT2D eigenvalue weighted by atomic mass is 35.5. The first-order valence-corrected chi connectivity index (χ1v) is 8.94. The van der Waals surface area contributed by atoms with E-state index in [1.165, 1.54) is 12.7 Å². The lowest BCUT2D eigenvalue weighted by atomic mass is 10.1. The molecule has 10 nitrogen and oxygen atoms in total. The highest BCUT2D eigenvalue weighted by molar-refractivity contribution is 6.33. The predicted octanol–water partition coefficient (Wildman–Crippen LogP) is 0.394. The molecule has 4 rings (SSSR count). The average molecular weight is 398 g/mol. The molecule has 0 radical (unpaired) electrons. The van der Waals surface area contributed by atoms with Crippen LogP contribution >= 0.6 is 11.6 Å². The fourth-order valence-electron chi connectivity index (χ4n) is 3.37. The van der Waals surface area contributed by atoms with Crippen molar-refractivity contribution in [2.45, 2.75) is 57.2 Å². The Hall–Kier alpha value is -1.85. The largest absolute Gasteiger partial charge is 0.392 e. The number of carbonyl (C=O) groups excluding carboxylic acids is 1. The molecule has 1 amide bonds. The van der Waals surface area contributed by atoms with Crippen LogP contribution in [0.5, 0.6) is 0 Å². The summed E-state index contributed by atoms with van der Waals surface area (Å²) in [5.74, 6) is -1.25. The number of hydrogen-bond donors (Lipinski definition) is 2. The molecule has 2 aliphatic rings. The van der Waals surface area contributed by atoms with Crippen LogP contribution in [0.2, 0.25) is 5.15 Å². The van der Waals surface area contributed by atoms with Gasteiger partial charge in [0, 0.05) is 6.54 Å². The Bertz CT molecular complexity index is 872. The quantitative estimate of drug-likeness (QED) is 0.711. The van der Waals surface area contributed by atoms with Gasteiger partial charge in [0.1, 0.15) is 24.1 Å². The van der Waals surface area contributed by atoms with Gasteiger partial charge in [-0.3, -0.25) is 9.36 Å². The second kappa shape index (κ2) is 6.64. The minimum atomic E-state index is -0.907. The number of aliphatic hydroxyl groups excluding tert-OH is 1. The third-order valence-electron chi connectivity index (χ3n) is 4.45. The molecule has 27 heavy (non-hydrogen) atoms. The van der Waals surface area contributed by atoms with Gasteiger partial charge in [-0.25, -0.2) is 15.0 Å². The van der Waals surface area contributed by atoms with E-state index in [0.29, 0.717) is 11.2 Å². The molecule has 2 fully saturated rings. The van der Waals surface area contributed by atoms with E-state index in [1.807, 2.05) is 0 Å². The van der Waals surface area contributed by atoms with E-state index >= 15 is 0 Å². The Labute approximate surface area is 159 Å². The average Bonchev–Trinajstić information content (AvgIpc) is 3.24. The zero-order valence-corrected chi connectivity index (χ0v) is 15.8. The number of nitrogens with one attached hydrogen (secondary N) is 1. The molecule has 1 unspecified atom stereocenters. The first-order valence-electron chi connectivity index (χ1n) is 8.57. The van der Waals surface area contributed by atoms with Crippen LogP contribution in [-0.2, 0) is 19.0 Å². The third kappa shape index (κ3) is 3.27. The number of carbonyl (C=O) groups is 1. The van der Waals surface area contributed by atoms with Gasteiger partial charge in [-0.15, -0.1) is 0 Å². The first-order chi connectivity index (χ1) is 12.8. The molecule has 5 atom stereocenters. The number of fused-ring (bicyclic) bond motifs is 2. The van der Waals surface area contributed by atoms with Crippen LogP contribution < -0.4 is 5.32 Å². The van der Waals surface area contributed by atoms with Crippen molar-refractivity contribution in [3.63, 3.8) is 0 Å². The molecule has 4 heterocycles. The first kappa shape index (κ1) is 18.5. The summed E-state index contributed by atoms with van der Waals surface area (Å²) in [5.41, 5.74) is 0.900. The molecular weight excluding hydrogens is 378 g/mol. The molecule has 2 saturated heterocycles. The smallest absolute Gasteiger partial charge is 0.252 e. The zero-order valence-electron chi connectivity index (χ0n) is 15.0. The van der Waals surface area contributed by atoms with E-state index in [1.54, 1.807) is 25.3 Å². The molecule has 0 saturated carbocycles. The number of aliphatic hydroxyl groups is 1. The van der Waals surface area contributed by atoms with Crippen LogP contribution in [0.4, 0.5) is 0 Å². The number of hydrogen-bond acceptors (Lipinski definition) is 8. The van der Waals surface area contributed by atoms with Gasteiger partial charge in [0.15, 0.2) is 28.9 Å². The topological polar surface area (TPSA) is 121 Å². The fourth-order valence-corrected chi connectivity index (χ4v) is 3.55. The fraction of sp³-hybridized carbons (Fsp3) is 0.625. The number of aromatic nitrogens is 4. The Morgan fingerprint density at radius 1 is 1.37 bits per heavy atom. The normalized spacial score (nSPS) is 30.4. The van der Waals surface area contributed by atoms with Crippen molar-refractivity contribution < 1.29 is 24.1 Å². The summed E-state index contributed by atoms with van der Waals surface area (Å²) in [4.78, 5) is 25.0. The molecule has 2 aromatic rings. The van der Waals surface area contributed by atoms with Gasteiger partial charge in [-0.05, 0) is 20.8 Å². The lowest BCUT2D eigenvalue weighted by Gasteiger charge is -2.24. The number of rotatable bonds is 4. The molecule has 0 aliphatic carbocycles. The monoisotopic (exact) mass is 397 g/mol. The maximum Gasteiger partial charge on any atom is 0.252 e. The predicted molar refractivity (Wildman–Crippen MR) is 92.8 cm³/mol. The minimum absolute atomic E-state index is 0.113. The SMILES string of the molecule is CC(O)CNC(=O)[C@H]1O[C@@H](n2cnc3c(Cl)ncnc32)[C@@H]2OC(C)(C)O[C@H]21. The van der Waals surface area contributed by atoms with E-state index in [4.69, 9.17) is 25.8 Å². The van der Waals surface area contributed by atoms with E-state index in [-0.39, 0.29) is 17.6 Å². The minimum Gasteiger partial charge on any atom is -0.392 e. The van der Waals surface area contributed by atoms with Gasteiger partial charge in [0.25, 0.3) is 5.91 Å². The van der Waals surface area contributed by atoms with Crippen LogP contribution in [0, 0.1) is 0 Å². The highest BCUT2D eigenvalue weighted by Gasteiger charge is 2.58. The van der Waals surface area contributed by atoms with Crippen LogP contribution in [0.15, 0.2) is 12.7 Å². The van der Waals surface area contributed by atoms with Crippen LogP contribution in [0.1, 0.15) is 27.0 Å². The van der Waals surface area contributed by atoms with Crippen molar-refractivity contribution in [1.82, 2.24) is 24.8 Å². The lowest BCUT2D eigenvalue weighted by Crippen LogP contribution is -2.44. The molecule has 0 aromatic carbocycles. The van der Waals surface area contributed by atoms with Gasteiger partial charge in [-0.1, -0.05) is 11.6 Å². The molecule has 11 heteroatoms. The van der Waals surface area contributed by atoms with Gasteiger partial charge >= 0.3 is 0 Å². The van der Waals surface area contributed by atoms with Crippen molar-refractivity contribution in [2.24, 2.45) is 0 Å². The Balaban J connectivity index is 1.66.